The highest BCUT2D eigenvalue weighted by atomic mass is 35.5. The first kappa shape index (κ1) is 10.6. The molecule has 0 aliphatic rings. The van der Waals surface area contributed by atoms with Gasteiger partial charge in [-0.25, -0.2) is 0 Å². The summed E-state index contributed by atoms with van der Waals surface area (Å²) in [5, 5.41) is 0.497. The van der Waals surface area contributed by atoms with Crippen LogP contribution in [0.5, 0.6) is 0 Å². The Balaban J connectivity index is 2.96. The smallest absolute Gasteiger partial charge is 0.304 e. The third-order valence-corrected chi connectivity index (χ3v) is 1.97. The van der Waals surface area contributed by atoms with E-state index < -0.39 is 12.1 Å². The van der Waals surface area contributed by atoms with Crippen LogP contribution in [-0.2, 0) is 9.53 Å². The number of terminal acetylenes is 1. The Bertz CT molecular complexity index is 379. The van der Waals surface area contributed by atoms with Gasteiger partial charge in [-0.05, 0) is 6.07 Å². The SMILES string of the molecule is C#CC(OC(C)=O)c1ccccc1Cl. The third kappa shape index (κ3) is 2.51. The maximum Gasteiger partial charge on any atom is 0.304 e. The van der Waals surface area contributed by atoms with Crippen molar-refractivity contribution in [3.8, 4) is 12.3 Å². The summed E-state index contributed by atoms with van der Waals surface area (Å²) in [5.74, 6) is 1.94. The van der Waals surface area contributed by atoms with Crippen molar-refractivity contribution in [1.82, 2.24) is 0 Å². The standard InChI is InChI=1S/C11H9ClO2/c1-3-11(14-8(2)13)9-6-4-5-7-10(9)12/h1,4-7,11H,2H3. The fourth-order valence-electron chi connectivity index (χ4n) is 1.04. The lowest BCUT2D eigenvalue weighted by atomic mass is 10.1. The van der Waals surface area contributed by atoms with Crippen molar-refractivity contribution in [2.24, 2.45) is 0 Å². The zero-order chi connectivity index (χ0) is 10.6. The quantitative estimate of drug-likeness (QED) is 0.552. The van der Waals surface area contributed by atoms with Crippen molar-refractivity contribution in [1.29, 1.82) is 0 Å². The molecular weight excluding hydrogens is 200 g/mol. The number of benzene rings is 1. The molecule has 72 valence electrons. The highest BCUT2D eigenvalue weighted by Crippen LogP contribution is 2.24. The number of rotatable bonds is 2. The second kappa shape index (κ2) is 4.69. The number of halogens is 1. The predicted molar refractivity (Wildman–Crippen MR) is 54.8 cm³/mol. The van der Waals surface area contributed by atoms with E-state index in [-0.39, 0.29) is 0 Å². The van der Waals surface area contributed by atoms with Crippen LogP contribution in [0.4, 0.5) is 0 Å². The van der Waals surface area contributed by atoms with Gasteiger partial charge in [-0.2, -0.15) is 0 Å². The normalized spacial score (nSPS) is 11.5. The summed E-state index contributed by atoms with van der Waals surface area (Å²) in [6, 6.07) is 7.00. The topological polar surface area (TPSA) is 26.3 Å². The molecule has 0 radical (unpaired) electrons. The Labute approximate surface area is 87.8 Å². The van der Waals surface area contributed by atoms with Crippen molar-refractivity contribution >= 4 is 17.6 Å². The average molecular weight is 209 g/mol. The molecule has 0 spiro atoms. The Morgan fingerprint density at radius 2 is 2.21 bits per heavy atom. The molecule has 0 N–H and O–H groups in total. The van der Waals surface area contributed by atoms with Gasteiger partial charge >= 0.3 is 5.97 Å². The van der Waals surface area contributed by atoms with Gasteiger partial charge in [0.15, 0.2) is 6.10 Å². The van der Waals surface area contributed by atoms with E-state index in [1.165, 1.54) is 6.92 Å². The molecule has 0 saturated heterocycles. The number of ether oxygens (including phenoxy) is 1. The second-order valence-electron chi connectivity index (χ2n) is 2.68. The van der Waals surface area contributed by atoms with Crippen LogP contribution in [0.1, 0.15) is 18.6 Å². The number of hydrogen-bond acceptors (Lipinski definition) is 2. The fourth-order valence-corrected chi connectivity index (χ4v) is 1.28. The largest absolute Gasteiger partial charge is 0.444 e. The van der Waals surface area contributed by atoms with Crippen molar-refractivity contribution in [3.63, 3.8) is 0 Å². The van der Waals surface area contributed by atoms with E-state index in [1.54, 1.807) is 24.3 Å². The average Bonchev–Trinajstić information content (AvgIpc) is 2.15. The van der Waals surface area contributed by atoms with Crippen LogP contribution < -0.4 is 0 Å². The minimum absolute atomic E-state index is 0.423. The summed E-state index contributed by atoms with van der Waals surface area (Å²) in [5.41, 5.74) is 0.631. The molecule has 0 aliphatic heterocycles. The molecule has 0 fully saturated rings. The molecule has 1 atom stereocenters. The van der Waals surface area contributed by atoms with Gasteiger partial charge in [0.1, 0.15) is 0 Å². The predicted octanol–water partition coefficient (Wildman–Crippen LogP) is 2.58. The summed E-state index contributed by atoms with van der Waals surface area (Å²) < 4.78 is 4.91. The van der Waals surface area contributed by atoms with Gasteiger partial charge in [0.25, 0.3) is 0 Å². The summed E-state index contributed by atoms with van der Waals surface area (Å²) in [6.07, 6.45) is 4.53. The molecule has 0 amide bonds. The first-order valence-electron chi connectivity index (χ1n) is 4.03. The minimum atomic E-state index is -0.707. The van der Waals surface area contributed by atoms with Gasteiger partial charge in [-0.1, -0.05) is 35.7 Å². The summed E-state index contributed by atoms with van der Waals surface area (Å²) in [4.78, 5) is 10.7. The van der Waals surface area contributed by atoms with Crippen molar-refractivity contribution in [2.75, 3.05) is 0 Å². The lowest BCUT2D eigenvalue weighted by molar-refractivity contribution is -0.144. The van der Waals surface area contributed by atoms with Crippen LogP contribution in [0.15, 0.2) is 24.3 Å². The Morgan fingerprint density at radius 1 is 1.57 bits per heavy atom. The molecule has 0 bridgehead atoms. The molecular formula is C11H9ClO2. The molecule has 1 aromatic rings. The molecule has 1 unspecified atom stereocenters. The molecule has 2 nitrogen and oxygen atoms in total. The Morgan fingerprint density at radius 3 is 2.71 bits per heavy atom. The molecule has 14 heavy (non-hydrogen) atoms. The van der Waals surface area contributed by atoms with E-state index in [2.05, 4.69) is 5.92 Å². The molecule has 1 rings (SSSR count). The summed E-state index contributed by atoms with van der Waals surface area (Å²) in [7, 11) is 0. The molecule has 1 aromatic carbocycles. The monoisotopic (exact) mass is 208 g/mol. The molecule has 0 aromatic heterocycles. The van der Waals surface area contributed by atoms with Gasteiger partial charge in [-0.3, -0.25) is 4.79 Å². The Kier molecular flexibility index (Phi) is 3.55. The van der Waals surface area contributed by atoms with E-state index in [9.17, 15) is 4.79 Å². The van der Waals surface area contributed by atoms with Gasteiger partial charge in [-0.15, -0.1) is 6.42 Å². The number of hydrogen-bond donors (Lipinski definition) is 0. The molecule has 0 aliphatic carbocycles. The number of carbonyl (C=O) groups is 1. The van der Waals surface area contributed by atoms with Crippen molar-refractivity contribution in [2.45, 2.75) is 13.0 Å². The minimum Gasteiger partial charge on any atom is -0.444 e. The van der Waals surface area contributed by atoms with E-state index in [0.29, 0.717) is 10.6 Å². The van der Waals surface area contributed by atoms with Crippen LogP contribution in [0.3, 0.4) is 0 Å². The third-order valence-electron chi connectivity index (χ3n) is 1.62. The highest BCUT2D eigenvalue weighted by molar-refractivity contribution is 6.31. The van der Waals surface area contributed by atoms with Gasteiger partial charge < -0.3 is 4.74 Å². The molecule has 0 saturated carbocycles. The number of esters is 1. The van der Waals surface area contributed by atoms with E-state index in [1.807, 2.05) is 0 Å². The van der Waals surface area contributed by atoms with Gasteiger partial charge in [0.05, 0.1) is 0 Å². The van der Waals surface area contributed by atoms with Crippen LogP contribution in [0, 0.1) is 12.3 Å². The Hall–Kier alpha value is -1.46. The maximum atomic E-state index is 10.7. The van der Waals surface area contributed by atoms with E-state index in [4.69, 9.17) is 22.8 Å². The van der Waals surface area contributed by atoms with Crippen LogP contribution in [0.2, 0.25) is 5.02 Å². The van der Waals surface area contributed by atoms with Crippen LogP contribution in [0.25, 0.3) is 0 Å². The summed E-state index contributed by atoms with van der Waals surface area (Å²) in [6.45, 7) is 1.31. The second-order valence-corrected chi connectivity index (χ2v) is 3.08. The zero-order valence-corrected chi connectivity index (χ0v) is 8.41. The van der Waals surface area contributed by atoms with Crippen molar-refractivity contribution < 1.29 is 9.53 Å². The lowest BCUT2D eigenvalue weighted by Crippen LogP contribution is -2.06. The molecule has 3 heteroatoms. The van der Waals surface area contributed by atoms with Gasteiger partial charge in [0.2, 0.25) is 0 Å². The highest BCUT2D eigenvalue weighted by Gasteiger charge is 2.13. The van der Waals surface area contributed by atoms with E-state index in [0.717, 1.165) is 0 Å². The maximum absolute atomic E-state index is 10.7. The first-order valence-corrected chi connectivity index (χ1v) is 4.40. The molecule has 0 heterocycles. The summed E-state index contributed by atoms with van der Waals surface area (Å²) >= 11 is 5.89. The lowest BCUT2D eigenvalue weighted by Gasteiger charge is -2.12. The fraction of sp³-hybridized carbons (Fsp3) is 0.182. The van der Waals surface area contributed by atoms with Crippen molar-refractivity contribution in [3.05, 3.63) is 34.9 Å². The number of carbonyl (C=O) groups excluding carboxylic acids is 1. The van der Waals surface area contributed by atoms with Crippen LogP contribution >= 0.6 is 11.6 Å². The zero-order valence-electron chi connectivity index (χ0n) is 7.66. The first-order chi connectivity index (χ1) is 6.65. The van der Waals surface area contributed by atoms with Gasteiger partial charge in [0, 0.05) is 17.5 Å². The van der Waals surface area contributed by atoms with E-state index >= 15 is 0 Å². The van der Waals surface area contributed by atoms with Crippen LogP contribution in [-0.4, -0.2) is 5.97 Å².